The number of ether oxygens (including phenoxy) is 1. The largest absolute Gasteiger partial charge is 0.494 e. The molecule has 1 aromatic rings. The Bertz CT molecular complexity index is 335. The first-order chi connectivity index (χ1) is 6.61. The van der Waals surface area contributed by atoms with Crippen LogP contribution in [0.4, 0.5) is 8.78 Å². The highest BCUT2D eigenvalue weighted by Crippen LogP contribution is 2.33. The van der Waals surface area contributed by atoms with Crippen molar-refractivity contribution in [1.82, 2.24) is 4.98 Å². The second-order valence-corrected chi connectivity index (χ2v) is 4.07. The summed E-state index contributed by atoms with van der Waals surface area (Å²) < 4.78 is 30.7. The molecule has 0 saturated carbocycles. The summed E-state index contributed by atoms with van der Waals surface area (Å²) in [4.78, 5) is 3.89. The standard InChI is InChI=1S/C8H7BrF2INO/c1-14-5-3-13-4(2-9)6(7(5)12)8(10)11/h3,8H,2H2,1H3. The van der Waals surface area contributed by atoms with Gasteiger partial charge in [0, 0.05) is 5.33 Å². The van der Waals surface area contributed by atoms with Crippen molar-refractivity contribution in [3.8, 4) is 5.75 Å². The van der Waals surface area contributed by atoms with Crippen LogP contribution in [0.3, 0.4) is 0 Å². The molecule has 2 nitrogen and oxygen atoms in total. The summed E-state index contributed by atoms with van der Waals surface area (Å²) in [7, 11) is 1.43. The second-order valence-electron chi connectivity index (χ2n) is 2.44. The molecule has 0 aromatic carbocycles. The van der Waals surface area contributed by atoms with E-state index in [0.717, 1.165) is 0 Å². The third kappa shape index (κ3) is 2.33. The van der Waals surface area contributed by atoms with Gasteiger partial charge < -0.3 is 4.74 Å². The van der Waals surface area contributed by atoms with Crippen LogP contribution in [-0.4, -0.2) is 12.1 Å². The fourth-order valence-corrected chi connectivity index (χ4v) is 2.35. The molecule has 6 heteroatoms. The summed E-state index contributed by atoms with van der Waals surface area (Å²) in [5, 5.41) is 0.312. The van der Waals surface area contributed by atoms with E-state index in [1.165, 1.54) is 13.3 Å². The summed E-state index contributed by atoms with van der Waals surface area (Å²) in [5.41, 5.74) is 0.298. The smallest absolute Gasteiger partial charge is 0.266 e. The molecular formula is C8H7BrF2INO. The van der Waals surface area contributed by atoms with E-state index in [-0.39, 0.29) is 5.56 Å². The maximum absolute atomic E-state index is 12.7. The van der Waals surface area contributed by atoms with Crippen LogP contribution in [0.1, 0.15) is 17.7 Å². The SMILES string of the molecule is COc1cnc(CBr)c(C(F)F)c1I. The van der Waals surface area contributed by atoms with Gasteiger partial charge in [-0.3, -0.25) is 4.98 Å². The van der Waals surface area contributed by atoms with Crippen LogP contribution in [0.15, 0.2) is 6.20 Å². The van der Waals surface area contributed by atoms with E-state index in [2.05, 4.69) is 20.9 Å². The molecule has 0 atom stereocenters. The van der Waals surface area contributed by atoms with Crippen LogP contribution >= 0.6 is 38.5 Å². The zero-order valence-corrected chi connectivity index (χ0v) is 11.0. The van der Waals surface area contributed by atoms with Gasteiger partial charge in [0.15, 0.2) is 5.75 Å². The van der Waals surface area contributed by atoms with Crippen LogP contribution in [0.5, 0.6) is 5.75 Å². The van der Waals surface area contributed by atoms with Gasteiger partial charge in [-0.2, -0.15) is 0 Å². The van der Waals surface area contributed by atoms with Crippen LogP contribution in [0, 0.1) is 3.57 Å². The summed E-state index contributed by atoms with van der Waals surface area (Å²) in [5.74, 6) is 0.380. The number of alkyl halides is 3. The van der Waals surface area contributed by atoms with E-state index in [4.69, 9.17) is 4.74 Å². The number of halogens is 4. The topological polar surface area (TPSA) is 22.1 Å². The van der Waals surface area contributed by atoms with Gasteiger partial charge in [-0.15, -0.1) is 0 Å². The zero-order chi connectivity index (χ0) is 10.7. The lowest BCUT2D eigenvalue weighted by Crippen LogP contribution is -2.02. The Kier molecular flexibility index (Phi) is 4.49. The first-order valence-electron chi connectivity index (χ1n) is 3.67. The molecule has 1 heterocycles. The van der Waals surface area contributed by atoms with Gasteiger partial charge >= 0.3 is 0 Å². The van der Waals surface area contributed by atoms with Gasteiger partial charge in [0.25, 0.3) is 6.43 Å². The Labute approximate surface area is 102 Å². The molecular weight excluding hydrogens is 371 g/mol. The maximum Gasteiger partial charge on any atom is 0.266 e. The molecule has 0 aliphatic heterocycles. The number of methoxy groups -OCH3 is 1. The number of rotatable bonds is 3. The van der Waals surface area contributed by atoms with Gasteiger partial charge in [0.05, 0.1) is 28.1 Å². The van der Waals surface area contributed by atoms with Crippen molar-refractivity contribution >= 4 is 38.5 Å². The minimum absolute atomic E-state index is 0.0539. The first-order valence-corrected chi connectivity index (χ1v) is 5.87. The highest BCUT2D eigenvalue weighted by atomic mass is 127. The predicted octanol–water partition coefficient (Wildman–Crippen LogP) is 3.53. The molecule has 1 aromatic heterocycles. The molecule has 14 heavy (non-hydrogen) atoms. The van der Waals surface area contributed by atoms with E-state index in [1.807, 2.05) is 22.6 Å². The molecule has 0 aliphatic rings. The van der Waals surface area contributed by atoms with Gasteiger partial charge in [0.2, 0.25) is 0 Å². The first kappa shape index (κ1) is 12.1. The minimum atomic E-state index is -2.53. The van der Waals surface area contributed by atoms with E-state index < -0.39 is 6.43 Å². The fraction of sp³-hybridized carbons (Fsp3) is 0.375. The number of aromatic nitrogens is 1. The fourth-order valence-electron chi connectivity index (χ4n) is 0.993. The number of hydrogen-bond donors (Lipinski definition) is 0. The number of nitrogens with zero attached hydrogens (tertiary/aromatic N) is 1. The van der Waals surface area contributed by atoms with E-state index in [1.54, 1.807) is 0 Å². The number of pyridine rings is 1. The van der Waals surface area contributed by atoms with Crippen LogP contribution < -0.4 is 4.74 Å². The van der Waals surface area contributed by atoms with E-state index >= 15 is 0 Å². The molecule has 0 bridgehead atoms. The highest BCUT2D eigenvalue weighted by Gasteiger charge is 2.20. The zero-order valence-electron chi connectivity index (χ0n) is 7.23. The molecule has 0 radical (unpaired) electrons. The average Bonchev–Trinajstić information content (AvgIpc) is 2.16. The second kappa shape index (κ2) is 5.20. The molecule has 0 aliphatic carbocycles. The van der Waals surface area contributed by atoms with Crippen molar-refractivity contribution in [3.05, 3.63) is 21.0 Å². The molecule has 0 fully saturated rings. The van der Waals surface area contributed by atoms with Crippen molar-refractivity contribution in [2.24, 2.45) is 0 Å². The lowest BCUT2D eigenvalue weighted by molar-refractivity contribution is 0.148. The van der Waals surface area contributed by atoms with Gasteiger partial charge in [-0.05, 0) is 22.6 Å². The molecule has 0 N–H and O–H groups in total. The molecule has 0 unspecified atom stereocenters. The molecule has 0 spiro atoms. The highest BCUT2D eigenvalue weighted by molar-refractivity contribution is 14.1. The van der Waals surface area contributed by atoms with Crippen LogP contribution in [-0.2, 0) is 5.33 Å². The van der Waals surface area contributed by atoms with E-state index in [0.29, 0.717) is 20.3 Å². The van der Waals surface area contributed by atoms with Gasteiger partial charge in [0.1, 0.15) is 0 Å². The van der Waals surface area contributed by atoms with Crippen molar-refractivity contribution in [2.45, 2.75) is 11.8 Å². The van der Waals surface area contributed by atoms with Gasteiger partial charge in [-0.1, -0.05) is 15.9 Å². The van der Waals surface area contributed by atoms with Crippen molar-refractivity contribution in [3.63, 3.8) is 0 Å². The van der Waals surface area contributed by atoms with E-state index in [9.17, 15) is 8.78 Å². The Hall–Kier alpha value is 0.0200. The normalized spacial score (nSPS) is 10.7. The van der Waals surface area contributed by atoms with Crippen LogP contribution in [0.25, 0.3) is 0 Å². The molecule has 0 amide bonds. The van der Waals surface area contributed by atoms with Gasteiger partial charge in [-0.25, -0.2) is 8.78 Å². The molecule has 78 valence electrons. The summed E-state index contributed by atoms with van der Waals surface area (Å²) in [6.45, 7) is 0. The third-order valence-corrected chi connectivity index (χ3v) is 3.31. The Morgan fingerprint density at radius 2 is 2.29 bits per heavy atom. The molecule has 0 saturated heterocycles. The average molecular weight is 378 g/mol. The Morgan fingerprint density at radius 3 is 2.71 bits per heavy atom. The van der Waals surface area contributed by atoms with Crippen molar-refractivity contribution in [2.75, 3.05) is 7.11 Å². The van der Waals surface area contributed by atoms with Crippen LogP contribution in [0.2, 0.25) is 0 Å². The number of hydrogen-bond acceptors (Lipinski definition) is 2. The monoisotopic (exact) mass is 377 g/mol. The van der Waals surface area contributed by atoms with Crippen molar-refractivity contribution in [1.29, 1.82) is 0 Å². The lowest BCUT2D eigenvalue weighted by atomic mass is 10.2. The summed E-state index contributed by atoms with van der Waals surface area (Å²) in [6.07, 6.45) is -1.08. The summed E-state index contributed by atoms with van der Waals surface area (Å²) in [6, 6.07) is 0. The Morgan fingerprint density at radius 1 is 1.64 bits per heavy atom. The minimum Gasteiger partial charge on any atom is -0.494 e. The maximum atomic E-state index is 12.7. The lowest BCUT2D eigenvalue weighted by Gasteiger charge is -2.11. The van der Waals surface area contributed by atoms with Crippen molar-refractivity contribution < 1.29 is 13.5 Å². The Balaban J connectivity index is 3.31. The predicted molar refractivity (Wildman–Crippen MR) is 61.1 cm³/mol. The summed E-state index contributed by atoms with van der Waals surface area (Å²) >= 11 is 4.96. The third-order valence-electron chi connectivity index (χ3n) is 1.67. The molecule has 1 rings (SSSR count). The quantitative estimate of drug-likeness (QED) is 0.594.